The summed E-state index contributed by atoms with van der Waals surface area (Å²) >= 11 is 3.39. The van der Waals surface area contributed by atoms with Gasteiger partial charge in [0.2, 0.25) is 5.88 Å². The predicted octanol–water partition coefficient (Wildman–Crippen LogP) is 4.09. The average molecular weight is 363 g/mol. The molecule has 0 spiro atoms. The minimum absolute atomic E-state index is 0.0553. The van der Waals surface area contributed by atoms with Gasteiger partial charge in [0.1, 0.15) is 0 Å². The van der Waals surface area contributed by atoms with Gasteiger partial charge in [-0.05, 0) is 61.0 Å². The molecule has 4 nitrogen and oxygen atoms in total. The number of aliphatic hydroxyl groups is 1. The van der Waals surface area contributed by atoms with Gasteiger partial charge in [0.05, 0.1) is 11.1 Å². The third-order valence-corrected chi connectivity index (χ3v) is 3.82. The molecule has 116 valence electrons. The molecule has 0 unspecified atom stereocenters. The van der Waals surface area contributed by atoms with Crippen LogP contribution in [0.1, 0.15) is 31.1 Å². The first-order valence-corrected chi connectivity index (χ1v) is 7.74. The van der Waals surface area contributed by atoms with Gasteiger partial charge in [0.25, 0.3) is 5.91 Å². The van der Waals surface area contributed by atoms with E-state index in [2.05, 4.69) is 21.4 Å². The number of aliphatic hydroxyl groups excluding tert-OH is 1. The van der Waals surface area contributed by atoms with E-state index in [9.17, 15) is 9.90 Å². The van der Waals surface area contributed by atoms with Gasteiger partial charge in [0.15, 0.2) is 0 Å². The number of rotatable bonds is 3. The molecule has 1 aromatic rings. The Morgan fingerprint density at radius 2 is 1.77 bits per heavy atom. The second-order valence-corrected chi connectivity index (χ2v) is 6.78. The molecule has 2 rings (SSSR count). The van der Waals surface area contributed by atoms with Crippen molar-refractivity contribution in [2.24, 2.45) is 0 Å². The van der Waals surface area contributed by atoms with E-state index in [-0.39, 0.29) is 11.8 Å². The summed E-state index contributed by atoms with van der Waals surface area (Å²) in [5.74, 6) is -0.279. The highest BCUT2D eigenvalue weighted by Gasteiger charge is 2.29. The molecule has 0 atom stereocenters. The minimum Gasteiger partial charge on any atom is -0.493 e. The molecular weight excluding hydrogens is 344 g/mol. The van der Waals surface area contributed by atoms with Crippen LogP contribution in [0.15, 0.2) is 64.5 Å². The number of benzene rings is 1. The number of hydrogen-bond acceptors (Lipinski definition) is 3. The number of carbonyl (C=O) groups is 1. The Morgan fingerprint density at radius 3 is 2.32 bits per heavy atom. The Hall–Kier alpha value is -2.01. The molecule has 1 aliphatic rings. The van der Waals surface area contributed by atoms with Crippen molar-refractivity contribution in [3.63, 3.8) is 0 Å². The number of carbonyl (C=O) groups excluding carboxylic acids is 1. The van der Waals surface area contributed by atoms with Gasteiger partial charge < -0.3 is 5.11 Å². The number of amides is 1. The van der Waals surface area contributed by atoms with Gasteiger partial charge in [-0.2, -0.15) is 0 Å². The summed E-state index contributed by atoms with van der Waals surface area (Å²) in [5, 5.41) is 11.6. The summed E-state index contributed by atoms with van der Waals surface area (Å²) in [6.45, 7) is 5.69. The maximum Gasteiger partial charge on any atom is 0.273 e. The van der Waals surface area contributed by atoms with E-state index in [1.165, 1.54) is 5.01 Å². The zero-order valence-electron chi connectivity index (χ0n) is 12.8. The normalized spacial score (nSPS) is 13.4. The topological polar surface area (TPSA) is 52.6 Å². The lowest BCUT2D eigenvalue weighted by atomic mass is 10.1. The quantitative estimate of drug-likeness (QED) is 0.628. The van der Waals surface area contributed by atoms with Crippen LogP contribution in [0.2, 0.25) is 0 Å². The molecule has 1 aliphatic carbocycles. The standard InChI is InChI=1S/C17H19BrN2O2/c1-17(2,3)20(19-15(21)12-8-4-5-9-12)16(22)13-10-6-7-11-14(13)18/h4-11,19,21H,1-3H3. The average Bonchev–Trinajstić information content (AvgIpc) is 2.97. The summed E-state index contributed by atoms with van der Waals surface area (Å²) in [6.07, 6.45) is 7.19. The van der Waals surface area contributed by atoms with Crippen LogP contribution in [0.25, 0.3) is 0 Å². The molecule has 0 aromatic heterocycles. The molecule has 1 aromatic carbocycles. The molecule has 0 radical (unpaired) electrons. The maximum absolute atomic E-state index is 12.8. The molecule has 0 saturated heterocycles. The molecule has 0 bridgehead atoms. The highest BCUT2D eigenvalue weighted by atomic mass is 79.9. The molecular formula is C17H19BrN2O2. The molecule has 22 heavy (non-hydrogen) atoms. The summed E-state index contributed by atoms with van der Waals surface area (Å²) in [4.78, 5) is 12.8. The van der Waals surface area contributed by atoms with E-state index >= 15 is 0 Å². The fraction of sp³-hybridized carbons (Fsp3) is 0.235. The third kappa shape index (κ3) is 3.60. The molecule has 0 fully saturated rings. The van der Waals surface area contributed by atoms with Crippen molar-refractivity contribution in [1.29, 1.82) is 0 Å². The largest absolute Gasteiger partial charge is 0.493 e. The summed E-state index contributed by atoms with van der Waals surface area (Å²) in [5.41, 5.74) is 3.46. The molecule has 5 heteroatoms. The van der Waals surface area contributed by atoms with E-state index in [1.54, 1.807) is 24.3 Å². The molecule has 0 aliphatic heterocycles. The number of nitrogens with one attached hydrogen (secondary N) is 1. The van der Waals surface area contributed by atoms with Crippen LogP contribution in [-0.4, -0.2) is 21.6 Å². The first kappa shape index (κ1) is 16.4. The SMILES string of the molecule is CC(C)(C)N(NC(O)=C1C=CC=C1)C(=O)c1ccccc1Br. The highest BCUT2D eigenvalue weighted by molar-refractivity contribution is 9.10. The molecule has 1 amide bonds. The summed E-state index contributed by atoms with van der Waals surface area (Å²) < 4.78 is 0.712. The molecule has 2 N–H and O–H groups in total. The van der Waals surface area contributed by atoms with Crippen LogP contribution in [0.4, 0.5) is 0 Å². The lowest BCUT2D eigenvalue weighted by molar-refractivity contribution is 0.0375. The molecule has 0 heterocycles. The Labute approximate surface area is 138 Å². The Morgan fingerprint density at radius 1 is 1.18 bits per heavy atom. The van der Waals surface area contributed by atoms with Crippen LogP contribution in [-0.2, 0) is 0 Å². The van der Waals surface area contributed by atoms with E-state index in [0.717, 1.165) is 0 Å². The second kappa shape index (κ2) is 6.40. The van der Waals surface area contributed by atoms with Gasteiger partial charge in [-0.3, -0.25) is 10.2 Å². The van der Waals surface area contributed by atoms with Crippen molar-refractivity contribution in [1.82, 2.24) is 10.4 Å². The van der Waals surface area contributed by atoms with E-state index in [0.29, 0.717) is 15.6 Å². The van der Waals surface area contributed by atoms with Crippen molar-refractivity contribution < 1.29 is 9.90 Å². The highest BCUT2D eigenvalue weighted by Crippen LogP contribution is 2.22. The number of halogens is 1. The monoisotopic (exact) mass is 362 g/mol. The van der Waals surface area contributed by atoms with Gasteiger partial charge in [-0.25, -0.2) is 5.01 Å². The van der Waals surface area contributed by atoms with E-state index < -0.39 is 5.54 Å². The minimum atomic E-state index is -0.521. The number of allylic oxidation sites excluding steroid dienone is 5. The lowest BCUT2D eigenvalue weighted by Gasteiger charge is -2.36. The lowest BCUT2D eigenvalue weighted by Crippen LogP contribution is -2.53. The van der Waals surface area contributed by atoms with Crippen molar-refractivity contribution >= 4 is 21.8 Å². The van der Waals surface area contributed by atoms with Crippen LogP contribution >= 0.6 is 15.9 Å². The smallest absolute Gasteiger partial charge is 0.273 e. The van der Waals surface area contributed by atoms with Gasteiger partial charge in [-0.1, -0.05) is 24.3 Å². The summed E-state index contributed by atoms with van der Waals surface area (Å²) in [6, 6.07) is 7.21. The van der Waals surface area contributed by atoms with E-state index in [1.807, 2.05) is 45.1 Å². The van der Waals surface area contributed by atoms with Crippen molar-refractivity contribution in [2.75, 3.05) is 0 Å². The zero-order valence-corrected chi connectivity index (χ0v) is 14.4. The maximum atomic E-state index is 12.8. The van der Waals surface area contributed by atoms with Crippen molar-refractivity contribution in [3.05, 3.63) is 70.1 Å². The van der Waals surface area contributed by atoms with Crippen molar-refractivity contribution in [3.8, 4) is 0 Å². The van der Waals surface area contributed by atoms with E-state index in [4.69, 9.17) is 0 Å². The molecule has 0 saturated carbocycles. The third-order valence-electron chi connectivity index (χ3n) is 3.13. The number of hydrogen-bond donors (Lipinski definition) is 2. The van der Waals surface area contributed by atoms with Crippen LogP contribution < -0.4 is 5.43 Å². The Balaban J connectivity index is 2.34. The zero-order chi connectivity index (χ0) is 16.3. The Kier molecular flexibility index (Phi) is 4.76. The number of nitrogens with zero attached hydrogens (tertiary/aromatic N) is 1. The van der Waals surface area contributed by atoms with Crippen LogP contribution in [0.3, 0.4) is 0 Å². The first-order chi connectivity index (χ1) is 10.3. The fourth-order valence-corrected chi connectivity index (χ4v) is 2.43. The van der Waals surface area contributed by atoms with Gasteiger partial charge in [0, 0.05) is 10.0 Å². The van der Waals surface area contributed by atoms with Crippen LogP contribution in [0.5, 0.6) is 0 Å². The fourth-order valence-electron chi connectivity index (χ4n) is 1.98. The van der Waals surface area contributed by atoms with Gasteiger partial charge >= 0.3 is 0 Å². The predicted molar refractivity (Wildman–Crippen MR) is 91.1 cm³/mol. The van der Waals surface area contributed by atoms with Crippen LogP contribution in [0, 0.1) is 0 Å². The van der Waals surface area contributed by atoms with Crippen molar-refractivity contribution in [2.45, 2.75) is 26.3 Å². The van der Waals surface area contributed by atoms with Gasteiger partial charge in [-0.15, -0.1) is 0 Å². The summed E-state index contributed by atoms with van der Waals surface area (Å²) in [7, 11) is 0. The number of hydrazine groups is 1. The second-order valence-electron chi connectivity index (χ2n) is 5.93. The Bertz CT molecular complexity index is 655. The first-order valence-electron chi connectivity index (χ1n) is 6.94.